The highest BCUT2D eigenvalue weighted by Gasteiger charge is 2.32. The molecule has 11 aromatic carbocycles. The Kier molecular flexibility index (Phi) is 13.4. The molecule has 4 nitrogen and oxygen atoms in total. The van der Waals surface area contributed by atoms with Crippen molar-refractivity contribution in [3.8, 4) is 16.8 Å². The summed E-state index contributed by atoms with van der Waals surface area (Å²) in [5, 5.41) is 9.27. The van der Waals surface area contributed by atoms with Gasteiger partial charge in [-0.05, 0) is 151 Å². The second-order valence-corrected chi connectivity index (χ2v) is 31.3. The average molecular weight is 1130 g/mol. The van der Waals surface area contributed by atoms with Gasteiger partial charge in [0.05, 0.1) is 33.3 Å². The Bertz CT molecular complexity index is 4470. The van der Waals surface area contributed by atoms with Crippen LogP contribution in [-0.2, 0) is 16.2 Å². The van der Waals surface area contributed by atoms with Gasteiger partial charge in [0.2, 0.25) is 0 Å². The van der Waals surface area contributed by atoms with Gasteiger partial charge in [0.15, 0.2) is 0 Å². The average Bonchev–Trinajstić information content (AvgIpc) is 1.52. The van der Waals surface area contributed by atoms with E-state index >= 15 is 0 Å². The van der Waals surface area contributed by atoms with Gasteiger partial charge in [0.25, 0.3) is 0 Å². The summed E-state index contributed by atoms with van der Waals surface area (Å²) < 4.78 is 2.34. The zero-order valence-corrected chi connectivity index (χ0v) is 52.0. The second kappa shape index (κ2) is 20.6. The minimum atomic E-state index is -2.39. The molecule has 0 saturated carbocycles. The smallest absolute Gasteiger partial charge is 0.112 e. The van der Waals surface area contributed by atoms with Gasteiger partial charge in [-0.15, -0.1) is 0 Å². The van der Waals surface area contributed by atoms with E-state index in [1.807, 2.05) is 0 Å². The summed E-state index contributed by atoms with van der Waals surface area (Å²) in [6.45, 7) is 25.5. The molecule has 0 aliphatic carbocycles. The first-order valence-electron chi connectivity index (χ1n) is 29.6. The molecule has 0 saturated heterocycles. The molecule has 416 valence electrons. The van der Waals surface area contributed by atoms with Crippen LogP contribution in [0.15, 0.2) is 243 Å². The summed E-state index contributed by atoms with van der Waals surface area (Å²) in [7, 11) is -2.39. The fraction of sp³-hybridized carbons (Fsp3) is 0.179. The van der Waals surface area contributed by atoms with Crippen LogP contribution in [0.2, 0.25) is 18.1 Å². The molecule has 0 amide bonds. The number of halogens is 1. The summed E-state index contributed by atoms with van der Waals surface area (Å²) in [6.07, 6.45) is 2.31. The minimum absolute atomic E-state index is 0.0200. The van der Waals surface area contributed by atoms with Gasteiger partial charge in [0, 0.05) is 51.1 Å². The maximum Gasteiger partial charge on any atom is 0.112 e. The van der Waals surface area contributed by atoms with Crippen molar-refractivity contribution >= 4 is 114 Å². The van der Waals surface area contributed by atoms with Gasteiger partial charge in [-0.3, -0.25) is 0 Å². The van der Waals surface area contributed by atoms with Crippen LogP contribution in [0.4, 0.5) is 51.2 Å². The van der Waals surface area contributed by atoms with E-state index in [9.17, 15) is 0 Å². The minimum Gasteiger partial charge on any atom is -0.314 e. The first-order chi connectivity index (χ1) is 40.2. The summed E-state index contributed by atoms with van der Waals surface area (Å²) >= 11 is 8.53. The molecule has 0 spiro atoms. The molecule has 6 bridgehead atoms. The Morgan fingerprint density at radius 1 is 0.369 bits per heavy atom. The van der Waals surface area contributed by atoms with Crippen LogP contribution < -0.4 is 25.1 Å². The number of nitrogens with zero attached hydrogens (tertiary/aromatic N) is 4. The van der Waals surface area contributed by atoms with Gasteiger partial charge in [-0.25, -0.2) is 0 Å². The van der Waals surface area contributed by atoms with Crippen molar-refractivity contribution in [1.29, 1.82) is 0 Å². The molecular formula is C78H73ClN4Si. The van der Waals surface area contributed by atoms with Crippen molar-refractivity contribution in [2.24, 2.45) is 0 Å². The highest BCUT2D eigenvalue weighted by atomic mass is 35.5. The summed E-state index contributed by atoms with van der Waals surface area (Å²) in [6, 6.07) is 88.5. The van der Waals surface area contributed by atoms with E-state index < -0.39 is 8.07 Å². The van der Waals surface area contributed by atoms with Crippen LogP contribution in [-0.4, -0.2) is 12.6 Å². The van der Waals surface area contributed by atoms with E-state index in [1.54, 1.807) is 0 Å². The zero-order valence-electron chi connectivity index (χ0n) is 50.3. The predicted molar refractivity (Wildman–Crippen MR) is 366 cm³/mol. The first-order valence-corrected chi connectivity index (χ1v) is 33.0. The standard InChI is InChI=1S/C78H73ClN4Si/c1-76(2,3)55-35-33-52(34-36-55)54-46-72(75(79)73(47-54)83(59-43-39-57(40-44-59)78(7,8)9)74-51-80(70-32-17-16-31-69(70)74)58-41-37-56(38-42-58)77(4,5)6)82-61-23-18-22-60(48-61)81(71-45-53-21-12-13-28-66(53)67-29-14-15-30-68(67)71)62-24-19-26-64(49-62)84(10,11)65-27-20-25-63(82)50-65/h12-51H,1-11H3. The monoisotopic (exact) mass is 1130 g/mol. The number of rotatable bonds is 7. The normalized spacial score (nSPS) is 13.5. The number of hydrogen-bond donors (Lipinski definition) is 0. The third kappa shape index (κ3) is 9.77. The summed E-state index contributed by atoms with van der Waals surface area (Å²) in [5.41, 5.74) is 17.2. The molecule has 84 heavy (non-hydrogen) atoms. The first kappa shape index (κ1) is 54.6. The van der Waals surface area contributed by atoms with Gasteiger partial charge in [-0.1, -0.05) is 243 Å². The molecule has 13 rings (SSSR count). The lowest BCUT2D eigenvalue weighted by Gasteiger charge is -2.35. The lowest BCUT2D eigenvalue weighted by Crippen LogP contribution is -2.53. The van der Waals surface area contributed by atoms with Gasteiger partial charge in [0.1, 0.15) is 8.07 Å². The van der Waals surface area contributed by atoms with Crippen LogP contribution >= 0.6 is 11.6 Å². The quantitative estimate of drug-likeness (QED) is 0.117. The number of para-hydroxylation sites is 1. The Morgan fingerprint density at radius 3 is 1.43 bits per heavy atom. The number of fused-ring (bicyclic) bond motifs is 10. The molecule has 1 aliphatic heterocycles. The van der Waals surface area contributed by atoms with Crippen LogP contribution in [0.1, 0.15) is 79.0 Å². The number of aromatic nitrogens is 1. The van der Waals surface area contributed by atoms with E-state index in [0.717, 1.165) is 78.9 Å². The molecule has 1 aromatic heterocycles. The molecule has 0 fully saturated rings. The summed E-state index contributed by atoms with van der Waals surface area (Å²) in [4.78, 5) is 7.31. The number of benzene rings is 11. The second-order valence-electron chi connectivity index (χ2n) is 26.6. The largest absolute Gasteiger partial charge is 0.314 e. The molecule has 6 heteroatoms. The van der Waals surface area contributed by atoms with Gasteiger partial charge < -0.3 is 19.3 Å². The molecule has 0 unspecified atom stereocenters. The Labute approximate surface area is 502 Å². The van der Waals surface area contributed by atoms with E-state index in [0.29, 0.717) is 5.02 Å². The molecule has 12 aromatic rings. The van der Waals surface area contributed by atoms with Crippen molar-refractivity contribution in [2.45, 2.75) is 91.7 Å². The van der Waals surface area contributed by atoms with Crippen LogP contribution in [0.3, 0.4) is 0 Å². The third-order valence-corrected chi connectivity index (χ3v) is 21.4. The Hall–Kier alpha value is -8.61. The van der Waals surface area contributed by atoms with Crippen LogP contribution in [0.25, 0.3) is 49.3 Å². The molecular weight excluding hydrogens is 1060 g/mol. The topological polar surface area (TPSA) is 14.7 Å². The lowest BCUT2D eigenvalue weighted by atomic mass is 9.86. The van der Waals surface area contributed by atoms with E-state index in [4.69, 9.17) is 11.6 Å². The fourth-order valence-electron chi connectivity index (χ4n) is 12.5. The molecule has 0 atom stereocenters. The SMILES string of the molecule is CC(C)(C)c1ccc(-c2cc(N3c4cccc(c4)N(c4cc5ccccc5c5ccccc45)c4cccc(c4)[Si](C)(C)c4cccc3c4)c(Cl)c(N(c3ccc(C(C)(C)C)cc3)c3cn(-c4ccc(C(C)(C)C)cc4)c4ccccc34)c2)cc1. The maximum atomic E-state index is 8.53. The van der Waals surface area contributed by atoms with Crippen molar-refractivity contribution in [3.05, 3.63) is 264 Å². The van der Waals surface area contributed by atoms with E-state index in [1.165, 1.54) is 48.6 Å². The van der Waals surface area contributed by atoms with E-state index in [-0.39, 0.29) is 16.2 Å². The Morgan fingerprint density at radius 2 is 0.845 bits per heavy atom. The fourth-order valence-corrected chi connectivity index (χ4v) is 15.2. The lowest BCUT2D eigenvalue weighted by molar-refractivity contribution is 0.590. The van der Waals surface area contributed by atoms with Gasteiger partial charge >= 0.3 is 0 Å². The highest BCUT2D eigenvalue weighted by Crippen LogP contribution is 2.52. The molecule has 0 N–H and O–H groups in total. The molecule has 2 heterocycles. The van der Waals surface area contributed by atoms with E-state index in [2.05, 4.69) is 337 Å². The highest BCUT2D eigenvalue weighted by molar-refractivity contribution is 7.00. The van der Waals surface area contributed by atoms with Crippen molar-refractivity contribution < 1.29 is 0 Å². The number of anilines is 9. The third-order valence-electron chi connectivity index (χ3n) is 17.5. The molecule has 0 radical (unpaired) electrons. The van der Waals surface area contributed by atoms with Gasteiger partial charge in [-0.2, -0.15) is 0 Å². The Balaban J connectivity index is 1.10. The molecule has 1 aliphatic rings. The summed E-state index contributed by atoms with van der Waals surface area (Å²) in [5.74, 6) is 0. The van der Waals surface area contributed by atoms with Crippen LogP contribution in [0.5, 0.6) is 0 Å². The van der Waals surface area contributed by atoms with Crippen molar-refractivity contribution in [1.82, 2.24) is 4.57 Å². The number of hydrogen-bond acceptors (Lipinski definition) is 3. The maximum absolute atomic E-state index is 8.53. The zero-order chi connectivity index (χ0) is 58.5. The van der Waals surface area contributed by atoms with Crippen LogP contribution in [0, 0.1) is 0 Å². The predicted octanol–water partition coefficient (Wildman–Crippen LogP) is 21.7. The van der Waals surface area contributed by atoms with Crippen molar-refractivity contribution in [3.63, 3.8) is 0 Å². The van der Waals surface area contributed by atoms with Crippen molar-refractivity contribution in [2.75, 3.05) is 14.7 Å².